The van der Waals surface area contributed by atoms with Crippen LogP contribution in [0.5, 0.6) is 0 Å². The minimum absolute atomic E-state index is 0.213. The van der Waals surface area contributed by atoms with Gasteiger partial charge in [0.15, 0.2) is 0 Å². The summed E-state index contributed by atoms with van der Waals surface area (Å²) in [5.74, 6) is 0. The van der Waals surface area contributed by atoms with Crippen LogP contribution in [0.25, 0.3) is 10.1 Å². The van der Waals surface area contributed by atoms with E-state index in [1.54, 1.807) is 0 Å². The third kappa shape index (κ3) is 2.33. The first-order chi connectivity index (χ1) is 7.69. The maximum absolute atomic E-state index is 11.0. The van der Waals surface area contributed by atoms with Crippen molar-refractivity contribution >= 4 is 41.7 Å². The monoisotopic (exact) mass is 294 g/mol. The van der Waals surface area contributed by atoms with E-state index in [2.05, 4.69) is 0 Å². The van der Waals surface area contributed by atoms with Gasteiger partial charge in [0.2, 0.25) is 0 Å². The lowest BCUT2D eigenvalue weighted by Crippen LogP contribution is -1.98. The SMILES string of the molecule is O=S(=O)(O)c1ccc2c(S(=O)(=O)O)csc2c1. The molecule has 0 atom stereocenters. The molecule has 1 aromatic heterocycles. The summed E-state index contributed by atoms with van der Waals surface area (Å²) < 4.78 is 61.8. The van der Waals surface area contributed by atoms with Gasteiger partial charge in [0.05, 0.1) is 4.90 Å². The van der Waals surface area contributed by atoms with Crippen molar-refractivity contribution in [2.45, 2.75) is 9.79 Å². The summed E-state index contributed by atoms with van der Waals surface area (Å²) in [6, 6.07) is 3.43. The summed E-state index contributed by atoms with van der Waals surface area (Å²) in [4.78, 5) is -0.604. The van der Waals surface area contributed by atoms with Crippen molar-refractivity contribution < 1.29 is 25.9 Å². The summed E-state index contributed by atoms with van der Waals surface area (Å²) in [7, 11) is -8.66. The molecule has 1 heterocycles. The minimum atomic E-state index is -4.34. The van der Waals surface area contributed by atoms with Gasteiger partial charge in [-0.3, -0.25) is 9.11 Å². The summed E-state index contributed by atoms with van der Waals surface area (Å²) in [5, 5.41) is 1.42. The van der Waals surface area contributed by atoms with Gasteiger partial charge in [-0.05, 0) is 12.1 Å². The van der Waals surface area contributed by atoms with Crippen LogP contribution in [0.2, 0.25) is 0 Å². The third-order valence-electron chi connectivity index (χ3n) is 2.09. The van der Waals surface area contributed by atoms with Crippen molar-refractivity contribution in [1.82, 2.24) is 0 Å². The van der Waals surface area contributed by atoms with Gasteiger partial charge < -0.3 is 0 Å². The van der Waals surface area contributed by atoms with Crippen molar-refractivity contribution in [1.29, 1.82) is 0 Å². The van der Waals surface area contributed by atoms with E-state index in [9.17, 15) is 16.8 Å². The molecule has 0 amide bonds. The Labute approximate surface area is 101 Å². The molecule has 0 fully saturated rings. The highest BCUT2D eigenvalue weighted by atomic mass is 32.2. The molecule has 92 valence electrons. The van der Waals surface area contributed by atoms with E-state index in [1.807, 2.05) is 0 Å². The van der Waals surface area contributed by atoms with Gasteiger partial charge in [-0.25, -0.2) is 0 Å². The van der Waals surface area contributed by atoms with Crippen molar-refractivity contribution in [3.63, 3.8) is 0 Å². The first-order valence-electron chi connectivity index (χ1n) is 4.16. The molecule has 2 N–H and O–H groups in total. The molecule has 17 heavy (non-hydrogen) atoms. The number of thiophene rings is 1. The molecule has 0 aliphatic carbocycles. The van der Waals surface area contributed by atoms with Crippen molar-refractivity contribution in [2.75, 3.05) is 0 Å². The smallest absolute Gasteiger partial charge is 0.282 e. The highest BCUT2D eigenvalue weighted by Crippen LogP contribution is 2.31. The lowest BCUT2D eigenvalue weighted by atomic mass is 10.3. The maximum Gasteiger partial charge on any atom is 0.295 e. The van der Waals surface area contributed by atoms with Crippen molar-refractivity contribution in [2.24, 2.45) is 0 Å². The van der Waals surface area contributed by atoms with Crippen LogP contribution in [0.3, 0.4) is 0 Å². The van der Waals surface area contributed by atoms with Crippen LogP contribution in [0.15, 0.2) is 33.4 Å². The Morgan fingerprint density at radius 2 is 1.65 bits per heavy atom. The highest BCUT2D eigenvalue weighted by molar-refractivity contribution is 7.86. The van der Waals surface area contributed by atoms with Gasteiger partial charge in [-0.15, -0.1) is 11.3 Å². The van der Waals surface area contributed by atoms with Crippen molar-refractivity contribution in [3.05, 3.63) is 23.6 Å². The summed E-state index contributed by atoms with van der Waals surface area (Å²) in [5.41, 5.74) is 0. The number of rotatable bonds is 2. The number of fused-ring (bicyclic) bond motifs is 1. The number of hydrogen-bond donors (Lipinski definition) is 2. The van der Waals surface area contributed by atoms with E-state index < -0.39 is 20.2 Å². The molecule has 1 aromatic carbocycles. The van der Waals surface area contributed by atoms with Gasteiger partial charge in [0.1, 0.15) is 4.90 Å². The molecular weight excluding hydrogens is 288 g/mol. The van der Waals surface area contributed by atoms with Gasteiger partial charge in [-0.1, -0.05) is 6.07 Å². The van der Waals surface area contributed by atoms with Crippen LogP contribution < -0.4 is 0 Å². The second-order valence-electron chi connectivity index (χ2n) is 3.21. The lowest BCUT2D eigenvalue weighted by Gasteiger charge is -1.98. The topological polar surface area (TPSA) is 109 Å². The Balaban J connectivity index is 2.77. The number of hydrogen-bond acceptors (Lipinski definition) is 5. The quantitative estimate of drug-likeness (QED) is 0.810. The normalized spacial score (nSPS) is 13.1. The van der Waals surface area contributed by atoms with Gasteiger partial charge in [0, 0.05) is 15.5 Å². The molecule has 0 aliphatic heterocycles. The predicted octanol–water partition coefficient (Wildman–Crippen LogP) is 1.39. The fraction of sp³-hybridized carbons (Fsp3) is 0. The fourth-order valence-electron chi connectivity index (χ4n) is 1.34. The van der Waals surface area contributed by atoms with Crippen LogP contribution in [-0.4, -0.2) is 25.9 Å². The molecule has 0 saturated carbocycles. The van der Waals surface area contributed by atoms with E-state index in [4.69, 9.17) is 9.11 Å². The zero-order valence-electron chi connectivity index (χ0n) is 8.06. The maximum atomic E-state index is 11.0. The predicted molar refractivity (Wildman–Crippen MR) is 61.5 cm³/mol. The van der Waals surface area contributed by atoms with Crippen LogP contribution in [-0.2, 0) is 20.2 Å². The molecular formula is C8H6O6S3. The van der Waals surface area contributed by atoms with Crippen LogP contribution >= 0.6 is 11.3 Å². The largest absolute Gasteiger partial charge is 0.295 e. The standard InChI is InChI=1S/C8H6O6S3/c9-16(10,11)5-1-2-6-7(3-5)15-4-8(6)17(12,13)14/h1-4H,(H,9,10,11)(H,12,13,14). The molecule has 6 nitrogen and oxygen atoms in total. The van der Waals surface area contributed by atoms with Crippen LogP contribution in [0.1, 0.15) is 0 Å². The zero-order valence-corrected chi connectivity index (χ0v) is 10.5. The summed E-state index contributed by atoms with van der Waals surface area (Å²) in [6.07, 6.45) is 0. The first-order valence-corrected chi connectivity index (χ1v) is 7.92. The minimum Gasteiger partial charge on any atom is -0.282 e. The van der Waals surface area contributed by atoms with E-state index in [0.717, 1.165) is 23.5 Å². The lowest BCUT2D eigenvalue weighted by molar-refractivity contribution is 0.482. The second-order valence-corrected chi connectivity index (χ2v) is 6.93. The van der Waals surface area contributed by atoms with Crippen molar-refractivity contribution in [3.8, 4) is 0 Å². The molecule has 2 aromatic rings. The fourth-order valence-corrected chi connectivity index (χ4v) is 3.94. The molecule has 0 bridgehead atoms. The zero-order chi connectivity index (χ0) is 12.8. The second kappa shape index (κ2) is 3.75. The number of benzene rings is 1. The Morgan fingerprint density at radius 3 is 2.18 bits per heavy atom. The Kier molecular flexibility index (Phi) is 2.75. The summed E-state index contributed by atoms with van der Waals surface area (Å²) in [6.45, 7) is 0. The van der Waals surface area contributed by atoms with Gasteiger partial charge in [-0.2, -0.15) is 16.8 Å². The van der Waals surface area contributed by atoms with Crippen LogP contribution in [0, 0.1) is 0 Å². The van der Waals surface area contributed by atoms with Crippen LogP contribution in [0.4, 0.5) is 0 Å². The molecule has 9 heteroatoms. The molecule has 0 radical (unpaired) electrons. The molecule has 0 spiro atoms. The van der Waals surface area contributed by atoms with Gasteiger partial charge in [0.25, 0.3) is 20.2 Å². The molecule has 0 aliphatic rings. The average Bonchev–Trinajstić information content (AvgIpc) is 2.57. The molecule has 0 unspecified atom stereocenters. The van der Waals surface area contributed by atoms with Gasteiger partial charge >= 0.3 is 0 Å². The van der Waals surface area contributed by atoms with E-state index in [-0.39, 0.29) is 15.2 Å². The Hall–Kier alpha value is -1.00. The first kappa shape index (κ1) is 12.5. The van der Waals surface area contributed by atoms with E-state index in [1.165, 1.54) is 11.4 Å². The highest BCUT2D eigenvalue weighted by Gasteiger charge is 2.18. The Morgan fingerprint density at radius 1 is 1.00 bits per heavy atom. The van der Waals surface area contributed by atoms with E-state index in [0.29, 0.717) is 4.70 Å². The molecule has 0 saturated heterocycles. The van der Waals surface area contributed by atoms with E-state index >= 15 is 0 Å². The third-order valence-corrected chi connectivity index (χ3v) is 4.92. The average molecular weight is 294 g/mol. The summed E-state index contributed by atoms with van der Waals surface area (Å²) >= 11 is 0.956. The molecule has 2 rings (SSSR count). The Bertz CT molecular complexity index is 784.